The third-order valence-corrected chi connectivity index (χ3v) is 3.67. The van der Waals surface area contributed by atoms with E-state index in [1.807, 2.05) is 6.92 Å². The number of halogens is 2. The van der Waals surface area contributed by atoms with Gasteiger partial charge in [0.05, 0.1) is 10.2 Å². The number of aromatic carboxylic acids is 1. The molecule has 0 saturated heterocycles. The Morgan fingerprint density at radius 1 is 1.42 bits per heavy atom. The zero-order valence-corrected chi connectivity index (χ0v) is 12.2. The molecule has 1 N–H and O–H groups in total. The maximum Gasteiger partial charge on any atom is 0.356 e. The van der Waals surface area contributed by atoms with E-state index < -0.39 is 11.8 Å². The second kappa shape index (κ2) is 4.77. The van der Waals surface area contributed by atoms with Crippen LogP contribution in [0.4, 0.5) is 4.39 Å². The number of carboxylic acid groups (broad SMARTS) is 1. The van der Waals surface area contributed by atoms with Gasteiger partial charge in [-0.2, -0.15) is 5.10 Å². The van der Waals surface area contributed by atoms with Crippen LogP contribution in [0.3, 0.4) is 0 Å². The van der Waals surface area contributed by atoms with Crippen LogP contribution in [0.25, 0.3) is 11.3 Å². The molecule has 0 aliphatic carbocycles. The number of hydrogen-bond donors (Lipinski definition) is 1. The quantitative estimate of drug-likeness (QED) is 0.921. The number of hydrogen-bond acceptors (Lipinski definition) is 2. The number of carboxylic acids is 1. The fourth-order valence-corrected chi connectivity index (χ4v) is 2.49. The molecule has 6 heteroatoms. The van der Waals surface area contributed by atoms with Gasteiger partial charge in [-0.25, -0.2) is 9.18 Å². The summed E-state index contributed by atoms with van der Waals surface area (Å²) < 4.78 is 16.0. The van der Waals surface area contributed by atoms with Crippen LogP contribution in [0.5, 0.6) is 0 Å². The summed E-state index contributed by atoms with van der Waals surface area (Å²) in [5.41, 5.74) is 2.39. The summed E-state index contributed by atoms with van der Waals surface area (Å²) >= 11 is 3.17. The van der Waals surface area contributed by atoms with Crippen LogP contribution in [0.2, 0.25) is 0 Å². The smallest absolute Gasteiger partial charge is 0.356 e. The first-order valence-corrected chi connectivity index (χ1v) is 6.35. The van der Waals surface area contributed by atoms with E-state index >= 15 is 0 Å². The van der Waals surface area contributed by atoms with E-state index in [0.29, 0.717) is 15.7 Å². The number of aryl methyl sites for hydroxylation is 2. The van der Waals surface area contributed by atoms with E-state index in [-0.39, 0.29) is 5.69 Å². The van der Waals surface area contributed by atoms with Crippen molar-refractivity contribution in [1.29, 1.82) is 0 Å². The fourth-order valence-electron chi connectivity index (χ4n) is 1.95. The van der Waals surface area contributed by atoms with E-state index in [9.17, 15) is 9.18 Å². The summed E-state index contributed by atoms with van der Waals surface area (Å²) in [7, 11) is 1.59. The van der Waals surface area contributed by atoms with Crippen molar-refractivity contribution in [1.82, 2.24) is 9.78 Å². The van der Waals surface area contributed by atoms with Crippen molar-refractivity contribution in [3.05, 3.63) is 39.2 Å². The molecule has 0 saturated carbocycles. The van der Waals surface area contributed by atoms with Crippen molar-refractivity contribution in [2.45, 2.75) is 13.8 Å². The molecule has 0 spiro atoms. The average molecular weight is 327 g/mol. The van der Waals surface area contributed by atoms with Crippen molar-refractivity contribution >= 4 is 21.9 Å². The zero-order chi connectivity index (χ0) is 14.3. The Hall–Kier alpha value is -1.69. The minimum Gasteiger partial charge on any atom is -0.476 e. The van der Waals surface area contributed by atoms with E-state index in [0.717, 1.165) is 11.1 Å². The summed E-state index contributed by atoms with van der Waals surface area (Å²) in [6.07, 6.45) is 0. The Morgan fingerprint density at radius 2 is 2.05 bits per heavy atom. The maximum absolute atomic E-state index is 14.3. The first-order valence-electron chi connectivity index (χ1n) is 5.55. The summed E-state index contributed by atoms with van der Waals surface area (Å²) in [6, 6.07) is 3.07. The van der Waals surface area contributed by atoms with Crippen molar-refractivity contribution in [2.75, 3.05) is 0 Å². The highest BCUT2D eigenvalue weighted by Gasteiger charge is 2.20. The molecule has 0 aliphatic heterocycles. The number of benzene rings is 1. The lowest BCUT2D eigenvalue weighted by molar-refractivity contribution is 0.0689. The lowest BCUT2D eigenvalue weighted by Crippen LogP contribution is -2.01. The van der Waals surface area contributed by atoms with Crippen LogP contribution in [-0.2, 0) is 7.05 Å². The first kappa shape index (κ1) is 13.7. The molecular weight excluding hydrogens is 315 g/mol. The van der Waals surface area contributed by atoms with E-state index in [1.54, 1.807) is 20.0 Å². The van der Waals surface area contributed by atoms with Crippen LogP contribution in [0, 0.1) is 19.7 Å². The van der Waals surface area contributed by atoms with Gasteiger partial charge in [0.2, 0.25) is 0 Å². The Balaban J connectivity index is 2.75. The van der Waals surface area contributed by atoms with Gasteiger partial charge in [-0.1, -0.05) is 0 Å². The molecule has 0 fully saturated rings. The minimum atomic E-state index is -1.13. The molecule has 1 aromatic carbocycles. The van der Waals surface area contributed by atoms with Crippen molar-refractivity contribution in [3.63, 3.8) is 0 Å². The second-order valence-electron chi connectivity index (χ2n) is 4.33. The van der Waals surface area contributed by atoms with Gasteiger partial charge < -0.3 is 5.11 Å². The minimum absolute atomic E-state index is 0.103. The summed E-state index contributed by atoms with van der Waals surface area (Å²) in [5.74, 6) is -1.55. The first-order chi connectivity index (χ1) is 8.82. The van der Waals surface area contributed by atoms with Gasteiger partial charge in [-0.15, -0.1) is 0 Å². The summed E-state index contributed by atoms with van der Waals surface area (Å²) in [6.45, 7) is 3.67. The SMILES string of the molecule is Cc1cc(Br)c(F)c(-c2cc(C(=O)O)nn2C)c1C. The number of nitrogens with zero attached hydrogens (tertiary/aromatic N) is 2. The van der Waals surface area contributed by atoms with Gasteiger partial charge in [0, 0.05) is 12.6 Å². The van der Waals surface area contributed by atoms with Crippen molar-refractivity contribution in [3.8, 4) is 11.3 Å². The zero-order valence-electron chi connectivity index (χ0n) is 10.7. The number of carbonyl (C=O) groups is 1. The third kappa shape index (κ3) is 2.28. The van der Waals surface area contributed by atoms with Gasteiger partial charge in [-0.3, -0.25) is 4.68 Å². The van der Waals surface area contributed by atoms with Crippen LogP contribution < -0.4 is 0 Å². The van der Waals surface area contributed by atoms with E-state index in [2.05, 4.69) is 21.0 Å². The third-order valence-electron chi connectivity index (χ3n) is 3.09. The molecular formula is C13H12BrFN2O2. The van der Waals surface area contributed by atoms with Crippen LogP contribution >= 0.6 is 15.9 Å². The molecule has 0 atom stereocenters. The molecule has 100 valence electrons. The normalized spacial score (nSPS) is 10.8. The molecule has 1 aromatic heterocycles. The lowest BCUT2D eigenvalue weighted by atomic mass is 10.00. The van der Waals surface area contributed by atoms with Gasteiger partial charge in [0.1, 0.15) is 5.82 Å². The van der Waals surface area contributed by atoms with Crippen LogP contribution in [0.1, 0.15) is 21.6 Å². The topological polar surface area (TPSA) is 55.1 Å². The monoisotopic (exact) mass is 326 g/mol. The second-order valence-corrected chi connectivity index (χ2v) is 5.19. The molecule has 0 aliphatic rings. The van der Waals surface area contributed by atoms with Gasteiger partial charge in [0.25, 0.3) is 0 Å². The number of aromatic nitrogens is 2. The Bertz CT molecular complexity index is 654. The standard InChI is InChI=1S/C13H12BrFN2O2/c1-6-4-8(14)12(15)11(7(6)2)10-5-9(13(18)19)16-17(10)3/h4-5H,1-3H3,(H,18,19). The van der Waals surface area contributed by atoms with Gasteiger partial charge in [-0.05, 0) is 53.0 Å². The van der Waals surface area contributed by atoms with E-state index in [1.165, 1.54) is 10.7 Å². The summed E-state index contributed by atoms with van der Waals surface area (Å²) in [4.78, 5) is 10.9. The molecule has 0 unspecified atom stereocenters. The highest BCUT2D eigenvalue weighted by atomic mass is 79.9. The van der Waals surface area contributed by atoms with Crippen molar-refractivity contribution < 1.29 is 14.3 Å². The van der Waals surface area contributed by atoms with E-state index in [4.69, 9.17) is 5.11 Å². The van der Waals surface area contributed by atoms with Crippen LogP contribution in [-0.4, -0.2) is 20.9 Å². The average Bonchev–Trinajstić information content (AvgIpc) is 2.70. The molecule has 0 radical (unpaired) electrons. The lowest BCUT2D eigenvalue weighted by Gasteiger charge is -2.11. The highest BCUT2D eigenvalue weighted by molar-refractivity contribution is 9.10. The van der Waals surface area contributed by atoms with Gasteiger partial charge >= 0.3 is 5.97 Å². The van der Waals surface area contributed by atoms with Crippen LogP contribution in [0.15, 0.2) is 16.6 Å². The Kier molecular flexibility index (Phi) is 3.45. The Labute approximate surface area is 118 Å². The predicted molar refractivity (Wildman–Crippen MR) is 72.7 cm³/mol. The molecule has 0 bridgehead atoms. The van der Waals surface area contributed by atoms with Gasteiger partial charge in [0.15, 0.2) is 5.69 Å². The molecule has 19 heavy (non-hydrogen) atoms. The Morgan fingerprint density at radius 3 is 2.58 bits per heavy atom. The molecule has 4 nitrogen and oxygen atoms in total. The highest BCUT2D eigenvalue weighted by Crippen LogP contribution is 2.33. The summed E-state index contributed by atoms with van der Waals surface area (Å²) in [5, 5.41) is 12.8. The fraction of sp³-hybridized carbons (Fsp3) is 0.231. The molecule has 2 aromatic rings. The molecule has 0 amide bonds. The van der Waals surface area contributed by atoms with Crippen molar-refractivity contribution in [2.24, 2.45) is 7.05 Å². The maximum atomic E-state index is 14.3. The molecule has 1 heterocycles. The predicted octanol–water partition coefficient (Wildman–Crippen LogP) is 3.30. The molecule has 2 rings (SSSR count). The largest absolute Gasteiger partial charge is 0.476 e. The number of rotatable bonds is 2.